The summed E-state index contributed by atoms with van der Waals surface area (Å²) in [6.45, 7) is 10.0. The molecule has 35 heavy (non-hydrogen) atoms. The molecule has 0 radical (unpaired) electrons. The number of rotatable bonds is 11. The van der Waals surface area contributed by atoms with Crippen molar-refractivity contribution in [3.05, 3.63) is 71.0 Å². The zero-order chi connectivity index (χ0) is 25.2. The van der Waals surface area contributed by atoms with Gasteiger partial charge in [-0.2, -0.15) is 0 Å². The minimum absolute atomic E-state index is 0.0274. The maximum absolute atomic E-state index is 13.6. The van der Waals surface area contributed by atoms with Gasteiger partial charge in [-0.25, -0.2) is 0 Å². The van der Waals surface area contributed by atoms with Gasteiger partial charge in [0.15, 0.2) is 0 Å². The standard InChI is InChI=1S/C29H40N2O4/c1-5-8-9-18-35-27-20-25-23(15-14-21(27)6-2)19-24(28(32)30-25)29(33)31-16-10-12-22(26(31)7-3)13-11-17-34-4/h7,11,13-15,19,25,27H,3,5-6,8-10,12,16-18,20H2,1-2,4H3,(H,30,32)/b13-11-. The minimum Gasteiger partial charge on any atom is -0.381 e. The normalized spacial score (nSPS) is 22.8. The summed E-state index contributed by atoms with van der Waals surface area (Å²) >= 11 is 0. The molecule has 0 saturated heterocycles. The van der Waals surface area contributed by atoms with E-state index >= 15 is 0 Å². The van der Waals surface area contributed by atoms with Gasteiger partial charge in [-0.05, 0) is 54.6 Å². The zero-order valence-electron chi connectivity index (χ0n) is 21.5. The molecule has 0 aromatic carbocycles. The van der Waals surface area contributed by atoms with Crippen LogP contribution in [0.1, 0.15) is 58.8 Å². The Labute approximate surface area is 210 Å². The molecule has 0 bridgehead atoms. The molecule has 2 heterocycles. The van der Waals surface area contributed by atoms with Gasteiger partial charge in [0.05, 0.1) is 18.8 Å². The van der Waals surface area contributed by atoms with E-state index in [9.17, 15) is 9.59 Å². The van der Waals surface area contributed by atoms with E-state index in [-0.39, 0.29) is 29.5 Å². The highest BCUT2D eigenvalue weighted by Gasteiger charge is 2.35. The predicted octanol–water partition coefficient (Wildman–Crippen LogP) is 4.92. The van der Waals surface area contributed by atoms with Crippen molar-refractivity contribution in [3.63, 3.8) is 0 Å². The molecule has 1 aliphatic carbocycles. The molecular weight excluding hydrogens is 440 g/mol. The van der Waals surface area contributed by atoms with Crippen molar-refractivity contribution in [3.8, 4) is 0 Å². The lowest BCUT2D eigenvalue weighted by Crippen LogP contribution is -2.47. The Kier molecular flexibility index (Phi) is 10.3. The number of fused-ring (bicyclic) bond motifs is 1. The first kappa shape index (κ1) is 26.9. The monoisotopic (exact) mass is 480 g/mol. The minimum atomic E-state index is -0.327. The molecule has 3 rings (SSSR count). The zero-order valence-corrected chi connectivity index (χ0v) is 21.5. The van der Waals surface area contributed by atoms with Gasteiger partial charge in [-0.15, -0.1) is 0 Å². The number of unbranched alkanes of at least 4 members (excludes halogenated alkanes) is 2. The third kappa shape index (κ3) is 6.71. The summed E-state index contributed by atoms with van der Waals surface area (Å²) in [6, 6.07) is -0.168. The van der Waals surface area contributed by atoms with Gasteiger partial charge in [0.2, 0.25) is 0 Å². The van der Waals surface area contributed by atoms with E-state index in [1.54, 1.807) is 24.2 Å². The second-order valence-electron chi connectivity index (χ2n) is 9.18. The molecule has 3 aliphatic rings. The predicted molar refractivity (Wildman–Crippen MR) is 140 cm³/mol. The number of amides is 2. The van der Waals surface area contributed by atoms with E-state index in [0.29, 0.717) is 19.6 Å². The highest BCUT2D eigenvalue weighted by Crippen LogP contribution is 2.30. The summed E-state index contributed by atoms with van der Waals surface area (Å²) in [6.07, 6.45) is 18.1. The Morgan fingerprint density at radius 2 is 2.11 bits per heavy atom. The van der Waals surface area contributed by atoms with Crippen LogP contribution in [0.5, 0.6) is 0 Å². The largest absolute Gasteiger partial charge is 0.381 e. The lowest BCUT2D eigenvalue weighted by atomic mass is 9.93. The molecule has 2 atom stereocenters. The van der Waals surface area contributed by atoms with Crippen LogP contribution in [0, 0.1) is 0 Å². The first-order valence-electron chi connectivity index (χ1n) is 12.9. The van der Waals surface area contributed by atoms with Crippen molar-refractivity contribution in [2.75, 3.05) is 26.9 Å². The molecule has 0 aromatic rings. The maximum Gasteiger partial charge on any atom is 0.263 e. The molecule has 6 heteroatoms. The van der Waals surface area contributed by atoms with Crippen molar-refractivity contribution >= 4 is 11.8 Å². The van der Waals surface area contributed by atoms with Crippen LogP contribution in [0.15, 0.2) is 71.0 Å². The Hall–Kier alpha value is -2.70. The lowest BCUT2D eigenvalue weighted by Gasteiger charge is -2.33. The fourth-order valence-electron chi connectivity index (χ4n) is 4.85. The Morgan fingerprint density at radius 3 is 2.83 bits per heavy atom. The number of hydrogen-bond acceptors (Lipinski definition) is 4. The van der Waals surface area contributed by atoms with Gasteiger partial charge in [0.1, 0.15) is 5.57 Å². The maximum atomic E-state index is 13.6. The second kappa shape index (κ2) is 13.4. The molecular formula is C29H40N2O4. The number of methoxy groups -OCH3 is 1. The number of carbonyl (C=O) groups excluding carboxylic acids is 2. The lowest BCUT2D eigenvalue weighted by molar-refractivity contribution is -0.129. The summed E-state index contributed by atoms with van der Waals surface area (Å²) in [5.41, 5.74) is 4.12. The fourth-order valence-corrected chi connectivity index (χ4v) is 4.85. The Balaban J connectivity index is 1.82. The Morgan fingerprint density at radius 1 is 1.29 bits per heavy atom. The van der Waals surface area contributed by atoms with Crippen LogP contribution in [0.4, 0.5) is 0 Å². The van der Waals surface area contributed by atoms with Gasteiger partial charge in [0.25, 0.3) is 11.8 Å². The highest BCUT2D eigenvalue weighted by atomic mass is 16.5. The SMILES string of the molecule is C=CC1=C(/C=C\COC)CCCN1C(=O)C1=CC2=CC=C(CC)C(OCCCCC)CC2NC1=O. The van der Waals surface area contributed by atoms with Gasteiger partial charge < -0.3 is 19.7 Å². The van der Waals surface area contributed by atoms with Gasteiger partial charge in [0, 0.05) is 32.4 Å². The van der Waals surface area contributed by atoms with E-state index in [2.05, 4.69) is 31.8 Å². The molecule has 0 fully saturated rings. The van der Waals surface area contributed by atoms with Crippen molar-refractivity contribution in [2.45, 2.75) is 70.9 Å². The number of nitrogens with one attached hydrogen (secondary N) is 1. The van der Waals surface area contributed by atoms with E-state index in [1.165, 1.54) is 5.57 Å². The van der Waals surface area contributed by atoms with Crippen LogP contribution in [-0.2, 0) is 19.1 Å². The third-order valence-corrected chi connectivity index (χ3v) is 6.79. The molecule has 190 valence electrons. The van der Waals surface area contributed by atoms with Gasteiger partial charge >= 0.3 is 0 Å². The molecule has 2 amide bonds. The summed E-state index contributed by atoms with van der Waals surface area (Å²) in [4.78, 5) is 28.3. The van der Waals surface area contributed by atoms with E-state index < -0.39 is 0 Å². The first-order chi connectivity index (χ1) is 17.0. The van der Waals surface area contributed by atoms with Crippen LogP contribution in [0.25, 0.3) is 0 Å². The Bertz CT molecular complexity index is 954. The van der Waals surface area contributed by atoms with Crippen molar-refractivity contribution in [1.82, 2.24) is 10.2 Å². The number of nitrogens with zero attached hydrogens (tertiary/aromatic N) is 1. The molecule has 0 spiro atoms. The van der Waals surface area contributed by atoms with E-state index in [4.69, 9.17) is 9.47 Å². The van der Waals surface area contributed by atoms with Crippen LogP contribution >= 0.6 is 0 Å². The summed E-state index contributed by atoms with van der Waals surface area (Å²) < 4.78 is 11.3. The van der Waals surface area contributed by atoms with Crippen molar-refractivity contribution in [1.29, 1.82) is 0 Å². The summed E-state index contributed by atoms with van der Waals surface area (Å²) in [5.74, 6) is -0.613. The highest BCUT2D eigenvalue weighted by molar-refractivity contribution is 6.20. The van der Waals surface area contributed by atoms with Crippen molar-refractivity contribution < 1.29 is 19.1 Å². The second-order valence-corrected chi connectivity index (χ2v) is 9.18. The van der Waals surface area contributed by atoms with Gasteiger partial charge in [-0.1, -0.05) is 57.6 Å². The molecule has 0 saturated carbocycles. The van der Waals surface area contributed by atoms with Crippen LogP contribution < -0.4 is 5.32 Å². The van der Waals surface area contributed by atoms with Gasteiger partial charge in [-0.3, -0.25) is 9.59 Å². The van der Waals surface area contributed by atoms with Crippen molar-refractivity contribution in [2.24, 2.45) is 0 Å². The average molecular weight is 481 g/mol. The molecule has 2 aliphatic heterocycles. The van der Waals surface area contributed by atoms with Crippen LogP contribution in [0.2, 0.25) is 0 Å². The number of hydrogen-bond donors (Lipinski definition) is 1. The molecule has 0 aromatic heterocycles. The first-order valence-corrected chi connectivity index (χ1v) is 12.9. The summed E-state index contributed by atoms with van der Waals surface area (Å²) in [5, 5.41) is 3.08. The number of carbonyl (C=O) groups is 2. The number of ether oxygens (including phenoxy) is 2. The van der Waals surface area contributed by atoms with Crippen LogP contribution in [0.3, 0.4) is 0 Å². The topological polar surface area (TPSA) is 67.9 Å². The smallest absolute Gasteiger partial charge is 0.263 e. The quantitative estimate of drug-likeness (QED) is 0.337. The average Bonchev–Trinajstić information content (AvgIpc) is 3.04. The van der Waals surface area contributed by atoms with Crippen LogP contribution in [-0.4, -0.2) is 55.7 Å². The number of allylic oxidation sites excluding steroid dienone is 5. The molecule has 1 N–H and O–H groups in total. The van der Waals surface area contributed by atoms with E-state index in [1.807, 2.05) is 18.2 Å². The molecule has 2 unspecified atom stereocenters. The molecule has 6 nitrogen and oxygen atoms in total. The summed E-state index contributed by atoms with van der Waals surface area (Å²) in [7, 11) is 1.65. The fraction of sp³-hybridized carbons (Fsp3) is 0.517. The van der Waals surface area contributed by atoms with E-state index in [0.717, 1.165) is 62.0 Å². The third-order valence-electron chi connectivity index (χ3n) is 6.79.